The Bertz CT molecular complexity index is 635. The molecule has 1 aliphatic carbocycles. The molecular formula is C16H16ClFN2OS. The topological polar surface area (TPSA) is 32.3 Å². The number of carbonyl (C=O) groups excluding carboxylic acids is 1. The van der Waals surface area contributed by atoms with Gasteiger partial charge in [-0.1, -0.05) is 36.9 Å². The van der Waals surface area contributed by atoms with Crippen molar-refractivity contribution < 1.29 is 9.18 Å². The molecule has 0 aromatic heterocycles. The van der Waals surface area contributed by atoms with Crippen LogP contribution >= 0.6 is 23.8 Å². The monoisotopic (exact) mass is 338 g/mol. The third-order valence-electron chi connectivity index (χ3n) is 4.14. The fourth-order valence-electron chi connectivity index (χ4n) is 3.01. The van der Waals surface area contributed by atoms with E-state index in [1.807, 2.05) is 0 Å². The van der Waals surface area contributed by atoms with E-state index >= 15 is 0 Å². The maximum absolute atomic E-state index is 13.9. The summed E-state index contributed by atoms with van der Waals surface area (Å²) < 4.78 is 13.9. The minimum atomic E-state index is -0.461. The maximum atomic E-state index is 13.9. The smallest absolute Gasteiger partial charge is 0.276 e. The van der Waals surface area contributed by atoms with Crippen LogP contribution in [-0.4, -0.2) is 22.0 Å². The Balaban J connectivity index is 1.89. The zero-order valence-electron chi connectivity index (χ0n) is 11.9. The summed E-state index contributed by atoms with van der Waals surface area (Å²) in [5.41, 5.74) is 0.482. The number of amides is 1. The molecule has 6 heteroatoms. The van der Waals surface area contributed by atoms with Crippen LogP contribution in [-0.2, 0) is 4.79 Å². The van der Waals surface area contributed by atoms with Gasteiger partial charge in [-0.2, -0.15) is 0 Å². The molecule has 1 heterocycles. The summed E-state index contributed by atoms with van der Waals surface area (Å²) in [6.45, 7) is 0. The first-order valence-corrected chi connectivity index (χ1v) is 8.17. The van der Waals surface area contributed by atoms with Gasteiger partial charge in [0.25, 0.3) is 5.91 Å². The van der Waals surface area contributed by atoms with E-state index in [2.05, 4.69) is 5.32 Å². The van der Waals surface area contributed by atoms with Gasteiger partial charge >= 0.3 is 0 Å². The molecule has 0 spiro atoms. The Hall–Kier alpha value is -1.46. The molecule has 0 unspecified atom stereocenters. The van der Waals surface area contributed by atoms with Gasteiger partial charge in [0, 0.05) is 11.6 Å². The van der Waals surface area contributed by atoms with Crippen LogP contribution in [0.1, 0.15) is 37.7 Å². The van der Waals surface area contributed by atoms with Crippen molar-refractivity contribution in [3.05, 3.63) is 40.3 Å². The molecule has 1 saturated heterocycles. The molecule has 0 radical (unpaired) electrons. The van der Waals surface area contributed by atoms with Crippen LogP contribution in [0.4, 0.5) is 4.39 Å². The fourth-order valence-corrected chi connectivity index (χ4v) is 3.57. The quantitative estimate of drug-likeness (QED) is 0.656. The molecule has 0 atom stereocenters. The van der Waals surface area contributed by atoms with Crippen molar-refractivity contribution in [1.29, 1.82) is 0 Å². The lowest BCUT2D eigenvalue weighted by molar-refractivity contribution is -0.124. The number of carbonyl (C=O) groups is 1. The van der Waals surface area contributed by atoms with Crippen molar-refractivity contribution in [3.8, 4) is 0 Å². The molecule has 3 nitrogen and oxygen atoms in total. The fraction of sp³-hybridized carbons (Fsp3) is 0.375. The molecule has 2 aliphatic rings. The minimum Gasteiger partial charge on any atom is -0.328 e. The minimum absolute atomic E-state index is 0.142. The van der Waals surface area contributed by atoms with E-state index in [0.717, 1.165) is 25.7 Å². The van der Waals surface area contributed by atoms with Crippen LogP contribution in [0.5, 0.6) is 0 Å². The highest BCUT2D eigenvalue weighted by Gasteiger charge is 2.36. The maximum Gasteiger partial charge on any atom is 0.276 e. The summed E-state index contributed by atoms with van der Waals surface area (Å²) in [5, 5.41) is 3.56. The average Bonchev–Trinajstić information content (AvgIpc) is 2.78. The number of thiocarbonyl (C=S) groups is 1. The highest BCUT2D eigenvalue weighted by atomic mass is 35.5. The Morgan fingerprint density at radius 1 is 1.32 bits per heavy atom. The number of nitrogens with zero attached hydrogens (tertiary/aromatic N) is 1. The van der Waals surface area contributed by atoms with Crippen LogP contribution in [0.3, 0.4) is 0 Å². The largest absolute Gasteiger partial charge is 0.328 e. The van der Waals surface area contributed by atoms with Gasteiger partial charge in [-0.15, -0.1) is 0 Å². The molecule has 3 rings (SSSR count). The Morgan fingerprint density at radius 2 is 2.05 bits per heavy atom. The van der Waals surface area contributed by atoms with E-state index < -0.39 is 5.82 Å². The van der Waals surface area contributed by atoms with Crippen molar-refractivity contribution in [1.82, 2.24) is 10.2 Å². The average molecular weight is 339 g/mol. The third kappa shape index (κ3) is 2.88. The van der Waals surface area contributed by atoms with Crippen LogP contribution in [0, 0.1) is 5.82 Å². The van der Waals surface area contributed by atoms with Crippen molar-refractivity contribution in [2.45, 2.75) is 38.1 Å². The SMILES string of the molecule is O=C1/C(=C\c2c(F)cccc2Cl)NC(=S)N1C1CCCCC1. The first-order valence-electron chi connectivity index (χ1n) is 7.38. The molecule has 1 aromatic rings. The first kappa shape index (κ1) is 15.4. The molecule has 1 aliphatic heterocycles. The van der Waals surface area contributed by atoms with Crippen molar-refractivity contribution in [2.75, 3.05) is 0 Å². The number of rotatable bonds is 2. The number of halogens is 2. The second-order valence-electron chi connectivity index (χ2n) is 5.59. The molecule has 1 aromatic carbocycles. The number of benzene rings is 1. The van der Waals surface area contributed by atoms with E-state index in [4.69, 9.17) is 23.8 Å². The lowest BCUT2D eigenvalue weighted by Crippen LogP contribution is -2.41. The van der Waals surface area contributed by atoms with Gasteiger partial charge in [0.1, 0.15) is 11.5 Å². The van der Waals surface area contributed by atoms with Crippen LogP contribution in [0.15, 0.2) is 23.9 Å². The van der Waals surface area contributed by atoms with E-state index in [-0.39, 0.29) is 28.2 Å². The van der Waals surface area contributed by atoms with Gasteiger partial charge < -0.3 is 5.32 Å². The summed E-state index contributed by atoms with van der Waals surface area (Å²) in [4.78, 5) is 14.2. The lowest BCUT2D eigenvalue weighted by Gasteiger charge is -2.29. The van der Waals surface area contributed by atoms with Crippen molar-refractivity contribution in [2.24, 2.45) is 0 Å². The van der Waals surface area contributed by atoms with Crippen LogP contribution in [0.2, 0.25) is 5.02 Å². The molecule has 0 bridgehead atoms. The third-order valence-corrected chi connectivity index (χ3v) is 4.77. The van der Waals surface area contributed by atoms with E-state index in [1.165, 1.54) is 24.6 Å². The summed E-state index contributed by atoms with van der Waals surface area (Å²) in [6, 6.07) is 4.58. The molecule has 1 amide bonds. The zero-order chi connectivity index (χ0) is 15.7. The molecule has 116 valence electrons. The van der Waals surface area contributed by atoms with Crippen molar-refractivity contribution in [3.63, 3.8) is 0 Å². The predicted molar refractivity (Wildman–Crippen MR) is 88.8 cm³/mol. The normalized spacial score (nSPS) is 21.5. The zero-order valence-corrected chi connectivity index (χ0v) is 13.5. The standard InChI is InChI=1S/C16H16ClFN2OS/c17-12-7-4-8-13(18)11(12)9-14-15(21)20(16(22)19-14)10-5-2-1-3-6-10/h4,7-10H,1-3,5-6H2,(H,19,22)/b14-9+. The van der Waals surface area contributed by atoms with Gasteiger partial charge in [-0.05, 0) is 43.3 Å². The van der Waals surface area contributed by atoms with E-state index in [1.54, 1.807) is 11.0 Å². The second-order valence-corrected chi connectivity index (χ2v) is 6.38. The lowest BCUT2D eigenvalue weighted by atomic mass is 9.94. The molecule has 22 heavy (non-hydrogen) atoms. The van der Waals surface area contributed by atoms with Crippen LogP contribution in [0.25, 0.3) is 6.08 Å². The highest BCUT2D eigenvalue weighted by molar-refractivity contribution is 7.80. The first-order chi connectivity index (χ1) is 10.6. The molecule has 1 N–H and O–H groups in total. The number of nitrogens with one attached hydrogen (secondary N) is 1. The Kier molecular flexibility index (Phi) is 4.45. The van der Waals surface area contributed by atoms with E-state index in [0.29, 0.717) is 5.11 Å². The molecular weight excluding hydrogens is 323 g/mol. The van der Waals surface area contributed by atoms with Crippen LogP contribution < -0.4 is 5.32 Å². The summed E-state index contributed by atoms with van der Waals surface area (Å²) in [5.74, 6) is -0.659. The van der Waals surface area contributed by atoms with Gasteiger partial charge in [-0.25, -0.2) is 4.39 Å². The van der Waals surface area contributed by atoms with Gasteiger partial charge in [-0.3, -0.25) is 9.69 Å². The van der Waals surface area contributed by atoms with Crippen molar-refractivity contribution >= 4 is 40.9 Å². The molecule has 2 fully saturated rings. The Labute approximate surface area is 139 Å². The Morgan fingerprint density at radius 3 is 2.73 bits per heavy atom. The summed E-state index contributed by atoms with van der Waals surface area (Å²) in [7, 11) is 0. The second kappa shape index (κ2) is 6.34. The number of hydrogen-bond acceptors (Lipinski definition) is 2. The van der Waals surface area contributed by atoms with Gasteiger partial charge in [0.2, 0.25) is 0 Å². The summed E-state index contributed by atoms with van der Waals surface area (Å²) >= 11 is 11.3. The summed E-state index contributed by atoms with van der Waals surface area (Å²) in [6.07, 6.45) is 6.77. The van der Waals surface area contributed by atoms with E-state index in [9.17, 15) is 9.18 Å². The molecule has 1 saturated carbocycles. The highest BCUT2D eigenvalue weighted by Crippen LogP contribution is 2.28. The van der Waals surface area contributed by atoms with Gasteiger partial charge in [0.15, 0.2) is 5.11 Å². The van der Waals surface area contributed by atoms with Gasteiger partial charge in [0.05, 0.1) is 5.02 Å². The number of hydrogen-bond donors (Lipinski definition) is 1. The predicted octanol–water partition coefficient (Wildman–Crippen LogP) is 3.87.